The second kappa shape index (κ2) is 8.52. The van der Waals surface area contributed by atoms with E-state index in [1.807, 2.05) is 6.07 Å². The van der Waals surface area contributed by atoms with Gasteiger partial charge in [-0.2, -0.15) is 0 Å². The van der Waals surface area contributed by atoms with Crippen LogP contribution in [0.4, 0.5) is 11.4 Å². The molecule has 5 nitrogen and oxygen atoms in total. The van der Waals surface area contributed by atoms with Gasteiger partial charge in [-0.15, -0.1) is 0 Å². The molecule has 0 saturated carbocycles. The normalized spacial score (nSPS) is 11.0. The van der Waals surface area contributed by atoms with E-state index in [2.05, 4.69) is 35.8 Å². The average molecular weight is 293 g/mol. The molecule has 0 aliphatic rings. The van der Waals surface area contributed by atoms with E-state index >= 15 is 0 Å². The van der Waals surface area contributed by atoms with E-state index < -0.39 is 0 Å². The Bertz CT molecular complexity index is 461. The average Bonchev–Trinajstić information content (AvgIpc) is 2.47. The number of nitrogens with one attached hydrogen (secondary N) is 1. The van der Waals surface area contributed by atoms with Crippen molar-refractivity contribution in [3.63, 3.8) is 0 Å². The number of ether oxygens (including phenoxy) is 1. The molecular weight excluding hydrogens is 266 g/mol. The van der Waals surface area contributed by atoms with Gasteiger partial charge in [-0.1, -0.05) is 0 Å². The van der Waals surface area contributed by atoms with Crippen LogP contribution < -0.4 is 11.1 Å². The lowest BCUT2D eigenvalue weighted by molar-refractivity contribution is 0.0601. The molecule has 0 heterocycles. The lowest BCUT2D eigenvalue weighted by Gasteiger charge is -2.20. The van der Waals surface area contributed by atoms with E-state index in [0.717, 1.165) is 31.6 Å². The summed E-state index contributed by atoms with van der Waals surface area (Å²) in [6, 6.07) is 5.76. The van der Waals surface area contributed by atoms with E-state index in [-0.39, 0.29) is 5.97 Å². The Balaban J connectivity index is 2.37. The summed E-state index contributed by atoms with van der Waals surface area (Å²) in [5, 5.41) is 3.30. The van der Waals surface area contributed by atoms with Crippen LogP contribution in [0.2, 0.25) is 0 Å². The maximum absolute atomic E-state index is 11.4. The number of nitrogens with two attached hydrogens (primary N) is 1. The number of unbranched alkanes of at least 4 members (excludes halogenated alkanes) is 1. The van der Waals surface area contributed by atoms with Crippen molar-refractivity contribution in [1.29, 1.82) is 0 Å². The Labute approximate surface area is 127 Å². The first-order chi connectivity index (χ1) is 9.95. The molecular formula is C16H27N3O2. The molecule has 118 valence electrons. The molecule has 0 aliphatic heterocycles. The number of hydrogen-bond donors (Lipinski definition) is 2. The number of nitrogens with zero attached hydrogens (tertiary/aromatic N) is 1. The lowest BCUT2D eigenvalue weighted by Crippen LogP contribution is -2.27. The molecule has 0 bridgehead atoms. The number of nitrogen functional groups attached to an aromatic ring is 1. The van der Waals surface area contributed by atoms with Crippen LogP contribution in [-0.2, 0) is 4.74 Å². The first-order valence-corrected chi connectivity index (χ1v) is 7.37. The minimum Gasteiger partial charge on any atom is -0.465 e. The van der Waals surface area contributed by atoms with E-state index in [1.54, 1.807) is 12.1 Å². The molecule has 0 atom stereocenters. The zero-order valence-corrected chi connectivity index (χ0v) is 13.5. The molecule has 1 aromatic rings. The second-order valence-electron chi connectivity index (χ2n) is 5.50. The van der Waals surface area contributed by atoms with E-state index in [1.165, 1.54) is 7.11 Å². The highest BCUT2D eigenvalue weighted by Gasteiger charge is 2.08. The van der Waals surface area contributed by atoms with Gasteiger partial charge in [-0.25, -0.2) is 4.79 Å². The fourth-order valence-electron chi connectivity index (χ4n) is 1.94. The molecule has 1 aromatic carbocycles. The number of carbonyl (C=O) groups is 1. The Kier molecular flexibility index (Phi) is 7.02. The van der Waals surface area contributed by atoms with Crippen molar-refractivity contribution in [3.05, 3.63) is 23.8 Å². The van der Waals surface area contributed by atoms with Gasteiger partial charge in [0.2, 0.25) is 0 Å². The molecule has 0 saturated heterocycles. The van der Waals surface area contributed by atoms with Gasteiger partial charge >= 0.3 is 5.97 Å². The summed E-state index contributed by atoms with van der Waals surface area (Å²) in [7, 11) is 3.50. The van der Waals surface area contributed by atoms with Gasteiger partial charge < -0.3 is 20.7 Å². The van der Waals surface area contributed by atoms with Crippen LogP contribution >= 0.6 is 0 Å². The Morgan fingerprint density at radius 2 is 2.10 bits per heavy atom. The molecule has 0 aliphatic carbocycles. The van der Waals surface area contributed by atoms with Crippen LogP contribution in [0.25, 0.3) is 0 Å². The predicted octanol–water partition coefficient (Wildman–Crippen LogP) is 2.59. The van der Waals surface area contributed by atoms with E-state index in [4.69, 9.17) is 5.73 Å². The summed E-state index contributed by atoms with van der Waals surface area (Å²) in [6.45, 7) is 6.35. The van der Waals surface area contributed by atoms with Crippen LogP contribution in [0.5, 0.6) is 0 Å². The molecule has 0 amide bonds. The van der Waals surface area contributed by atoms with Crippen LogP contribution in [0.3, 0.4) is 0 Å². The number of hydrogen-bond acceptors (Lipinski definition) is 5. The third-order valence-corrected chi connectivity index (χ3v) is 3.61. The van der Waals surface area contributed by atoms with Crippen molar-refractivity contribution in [3.8, 4) is 0 Å². The number of rotatable bonds is 8. The highest BCUT2D eigenvalue weighted by Crippen LogP contribution is 2.20. The fraction of sp³-hybridized carbons (Fsp3) is 0.562. The highest BCUT2D eigenvalue weighted by molar-refractivity contribution is 5.91. The molecule has 0 aromatic heterocycles. The molecule has 1 rings (SSSR count). The van der Waals surface area contributed by atoms with Crippen molar-refractivity contribution < 1.29 is 9.53 Å². The molecule has 3 N–H and O–H groups in total. The maximum atomic E-state index is 11.4. The third-order valence-electron chi connectivity index (χ3n) is 3.61. The van der Waals surface area contributed by atoms with Gasteiger partial charge in [-0.3, -0.25) is 0 Å². The number of methoxy groups -OCH3 is 1. The first-order valence-electron chi connectivity index (χ1n) is 7.37. The molecule has 0 radical (unpaired) electrons. The summed E-state index contributed by atoms with van der Waals surface area (Å²) in [6.07, 6.45) is 2.22. The molecule has 0 fully saturated rings. The molecule has 5 heteroatoms. The lowest BCUT2D eigenvalue weighted by atomic mass is 10.1. The Morgan fingerprint density at radius 1 is 1.38 bits per heavy atom. The van der Waals surface area contributed by atoms with Crippen molar-refractivity contribution in [2.24, 2.45) is 0 Å². The number of anilines is 2. The van der Waals surface area contributed by atoms with Gasteiger partial charge in [-0.05, 0) is 58.5 Å². The SMILES string of the molecule is COC(=O)c1ccc(NCCCCN(C)C(C)C)c(N)c1. The van der Waals surface area contributed by atoms with Crippen molar-refractivity contribution >= 4 is 17.3 Å². The monoisotopic (exact) mass is 293 g/mol. The maximum Gasteiger partial charge on any atom is 0.337 e. The summed E-state index contributed by atoms with van der Waals surface area (Å²) in [4.78, 5) is 13.7. The standard InChI is InChI=1S/C16H27N3O2/c1-12(2)19(3)10-6-5-9-18-15-8-7-13(11-14(15)17)16(20)21-4/h7-8,11-12,18H,5-6,9-10,17H2,1-4H3. The van der Waals surface area contributed by atoms with Gasteiger partial charge in [0.1, 0.15) is 0 Å². The summed E-state index contributed by atoms with van der Waals surface area (Å²) < 4.78 is 4.67. The van der Waals surface area contributed by atoms with Crippen LogP contribution in [0, 0.1) is 0 Å². The second-order valence-corrected chi connectivity index (χ2v) is 5.50. The van der Waals surface area contributed by atoms with E-state index in [9.17, 15) is 4.79 Å². The fourth-order valence-corrected chi connectivity index (χ4v) is 1.94. The number of esters is 1. The highest BCUT2D eigenvalue weighted by atomic mass is 16.5. The summed E-state index contributed by atoms with van der Waals surface area (Å²) in [5.41, 5.74) is 7.84. The zero-order valence-electron chi connectivity index (χ0n) is 13.5. The van der Waals surface area contributed by atoms with Crippen LogP contribution in [0.1, 0.15) is 37.0 Å². The topological polar surface area (TPSA) is 67.6 Å². The minimum absolute atomic E-state index is 0.370. The van der Waals surface area contributed by atoms with Crippen molar-refractivity contribution in [2.45, 2.75) is 32.7 Å². The third kappa shape index (κ3) is 5.63. The van der Waals surface area contributed by atoms with Crippen LogP contribution in [0.15, 0.2) is 18.2 Å². The van der Waals surface area contributed by atoms with Gasteiger partial charge in [0.15, 0.2) is 0 Å². The number of carbonyl (C=O) groups excluding carboxylic acids is 1. The van der Waals surface area contributed by atoms with Crippen molar-refractivity contribution in [2.75, 3.05) is 38.3 Å². The van der Waals surface area contributed by atoms with Gasteiger partial charge in [0.25, 0.3) is 0 Å². The summed E-state index contributed by atoms with van der Waals surface area (Å²) in [5.74, 6) is -0.370. The first kappa shape index (κ1) is 17.3. The predicted molar refractivity (Wildman–Crippen MR) is 87.7 cm³/mol. The van der Waals surface area contributed by atoms with Crippen LogP contribution in [-0.4, -0.2) is 44.2 Å². The Hall–Kier alpha value is -1.75. The smallest absolute Gasteiger partial charge is 0.337 e. The zero-order chi connectivity index (χ0) is 15.8. The molecule has 0 spiro atoms. The number of benzene rings is 1. The van der Waals surface area contributed by atoms with Crippen molar-refractivity contribution in [1.82, 2.24) is 4.90 Å². The largest absolute Gasteiger partial charge is 0.465 e. The summed E-state index contributed by atoms with van der Waals surface area (Å²) >= 11 is 0. The van der Waals surface area contributed by atoms with Gasteiger partial charge in [0, 0.05) is 12.6 Å². The Morgan fingerprint density at radius 3 is 2.67 bits per heavy atom. The quantitative estimate of drug-likeness (QED) is 0.438. The minimum atomic E-state index is -0.370. The molecule has 0 unspecified atom stereocenters. The van der Waals surface area contributed by atoms with Gasteiger partial charge in [0.05, 0.1) is 24.0 Å². The van der Waals surface area contributed by atoms with E-state index in [0.29, 0.717) is 17.3 Å². The molecule has 21 heavy (non-hydrogen) atoms.